The lowest BCUT2D eigenvalue weighted by Crippen LogP contribution is -2.35. The van der Waals surface area contributed by atoms with Crippen LogP contribution in [0.25, 0.3) is 11.3 Å². The van der Waals surface area contributed by atoms with Crippen molar-refractivity contribution < 1.29 is 8.42 Å². The van der Waals surface area contributed by atoms with Crippen molar-refractivity contribution in [1.29, 1.82) is 0 Å². The summed E-state index contributed by atoms with van der Waals surface area (Å²) in [4.78, 5) is 11.6. The van der Waals surface area contributed by atoms with Crippen molar-refractivity contribution >= 4 is 21.4 Å². The minimum Gasteiger partial charge on any atom is -0.268 e. The van der Waals surface area contributed by atoms with Gasteiger partial charge in [-0.05, 0) is 31.9 Å². The lowest BCUT2D eigenvalue weighted by atomic mass is 10.2. The molecule has 1 aliphatic heterocycles. The van der Waals surface area contributed by atoms with E-state index in [1.807, 2.05) is 6.92 Å². The molecule has 1 aliphatic rings. The Kier molecular flexibility index (Phi) is 4.65. The van der Waals surface area contributed by atoms with Gasteiger partial charge < -0.3 is 0 Å². The topological polar surface area (TPSA) is 72.3 Å². The van der Waals surface area contributed by atoms with Crippen molar-refractivity contribution in [3.8, 4) is 11.3 Å². The van der Waals surface area contributed by atoms with Gasteiger partial charge >= 0.3 is 0 Å². The van der Waals surface area contributed by atoms with Crippen molar-refractivity contribution in [2.75, 3.05) is 13.1 Å². The summed E-state index contributed by atoms with van der Waals surface area (Å²) < 4.78 is 28.6. The Morgan fingerprint density at radius 1 is 1.22 bits per heavy atom. The summed E-state index contributed by atoms with van der Waals surface area (Å²) >= 11 is 1.21. The lowest BCUT2D eigenvalue weighted by molar-refractivity contribution is 0.347. The van der Waals surface area contributed by atoms with Crippen LogP contribution in [-0.4, -0.2) is 35.6 Å². The molecule has 0 radical (unpaired) electrons. The first kappa shape index (κ1) is 16.4. The van der Waals surface area contributed by atoms with Crippen LogP contribution < -0.4 is 5.56 Å². The van der Waals surface area contributed by atoms with Gasteiger partial charge in [0.1, 0.15) is 4.21 Å². The average Bonchev–Trinajstić information content (AvgIpc) is 3.07. The molecule has 3 rings (SSSR count). The molecule has 23 heavy (non-hydrogen) atoms. The van der Waals surface area contributed by atoms with Crippen LogP contribution in [0.3, 0.4) is 0 Å². The highest BCUT2D eigenvalue weighted by atomic mass is 32.2. The van der Waals surface area contributed by atoms with Gasteiger partial charge in [0.2, 0.25) is 0 Å². The molecule has 0 aromatic carbocycles. The number of hydrogen-bond donors (Lipinski definition) is 0. The predicted octanol–water partition coefficient (Wildman–Crippen LogP) is 2.17. The molecule has 6 nitrogen and oxygen atoms in total. The minimum atomic E-state index is -3.42. The first-order valence-electron chi connectivity index (χ1n) is 7.69. The number of piperidine rings is 1. The zero-order valence-electron chi connectivity index (χ0n) is 12.9. The standard InChI is InChI=1S/C15H19N3O3S2/c1-2-18-14(19)7-6-13(16-18)12-10-15(22-11-12)23(20,21)17-8-4-3-5-9-17/h6-7,10-11H,2-5,8-9H2,1H3. The zero-order valence-corrected chi connectivity index (χ0v) is 14.6. The summed E-state index contributed by atoms with van der Waals surface area (Å²) in [5, 5.41) is 6.05. The van der Waals surface area contributed by atoms with E-state index in [0.29, 0.717) is 29.5 Å². The molecule has 0 N–H and O–H groups in total. The quantitative estimate of drug-likeness (QED) is 0.844. The first-order chi connectivity index (χ1) is 11.0. The molecule has 8 heteroatoms. The van der Waals surface area contributed by atoms with E-state index in [4.69, 9.17) is 0 Å². The molecule has 0 unspecified atom stereocenters. The van der Waals surface area contributed by atoms with E-state index >= 15 is 0 Å². The van der Waals surface area contributed by atoms with Gasteiger partial charge in [0, 0.05) is 36.6 Å². The molecule has 2 aromatic rings. The van der Waals surface area contributed by atoms with E-state index in [9.17, 15) is 13.2 Å². The second-order valence-electron chi connectivity index (χ2n) is 5.49. The van der Waals surface area contributed by atoms with Crippen LogP contribution in [0.4, 0.5) is 0 Å². The largest absolute Gasteiger partial charge is 0.268 e. The minimum absolute atomic E-state index is 0.160. The highest BCUT2D eigenvalue weighted by Gasteiger charge is 2.27. The summed E-state index contributed by atoms with van der Waals surface area (Å²) in [5.41, 5.74) is 1.18. The molecule has 0 bridgehead atoms. The second kappa shape index (κ2) is 6.54. The third-order valence-corrected chi connectivity index (χ3v) is 7.26. The van der Waals surface area contributed by atoms with Gasteiger partial charge in [-0.15, -0.1) is 11.3 Å². The zero-order chi connectivity index (χ0) is 16.4. The number of sulfonamides is 1. The Labute approximate surface area is 139 Å². The highest BCUT2D eigenvalue weighted by Crippen LogP contribution is 2.30. The van der Waals surface area contributed by atoms with Gasteiger partial charge in [0.25, 0.3) is 15.6 Å². The Morgan fingerprint density at radius 2 is 1.96 bits per heavy atom. The fraction of sp³-hybridized carbons (Fsp3) is 0.467. The van der Waals surface area contributed by atoms with Crippen molar-refractivity contribution in [3.63, 3.8) is 0 Å². The van der Waals surface area contributed by atoms with Crippen LogP contribution in [-0.2, 0) is 16.6 Å². The summed E-state index contributed by atoms with van der Waals surface area (Å²) in [6, 6.07) is 4.75. The molecule has 124 valence electrons. The molecular weight excluding hydrogens is 334 g/mol. The summed E-state index contributed by atoms with van der Waals surface area (Å²) in [6.07, 6.45) is 2.92. The molecule has 3 heterocycles. The maximum absolute atomic E-state index is 12.7. The van der Waals surface area contributed by atoms with E-state index in [-0.39, 0.29) is 5.56 Å². The van der Waals surface area contributed by atoms with E-state index in [2.05, 4.69) is 5.10 Å². The van der Waals surface area contributed by atoms with E-state index < -0.39 is 10.0 Å². The third-order valence-electron chi connectivity index (χ3n) is 3.95. The normalized spacial score (nSPS) is 16.6. The summed E-state index contributed by atoms with van der Waals surface area (Å²) in [6.45, 7) is 3.51. The summed E-state index contributed by atoms with van der Waals surface area (Å²) in [5.74, 6) is 0. The van der Waals surface area contributed by atoms with Crippen molar-refractivity contribution in [3.05, 3.63) is 33.9 Å². The predicted molar refractivity (Wildman–Crippen MR) is 90.1 cm³/mol. The smallest absolute Gasteiger partial charge is 0.266 e. The molecular formula is C15H19N3O3S2. The number of aryl methyl sites for hydroxylation is 1. The first-order valence-corrected chi connectivity index (χ1v) is 10.0. The Bertz CT molecular complexity index is 849. The molecule has 0 spiro atoms. The molecule has 1 fully saturated rings. The number of nitrogens with zero attached hydrogens (tertiary/aromatic N) is 3. The van der Waals surface area contributed by atoms with E-state index in [1.54, 1.807) is 21.8 Å². The number of rotatable bonds is 4. The third kappa shape index (κ3) is 3.24. The molecule has 0 amide bonds. The SMILES string of the molecule is CCn1nc(-c2csc(S(=O)(=O)N3CCCCC3)c2)ccc1=O. The maximum Gasteiger partial charge on any atom is 0.266 e. The van der Waals surface area contributed by atoms with Crippen molar-refractivity contribution in [1.82, 2.24) is 14.1 Å². The van der Waals surface area contributed by atoms with Gasteiger partial charge in [-0.3, -0.25) is 4.79 Å². The van der Waals surface area contributed by atoms with Gasteiger partial charge in [0.05, 0.1) is 5.69 Å². The fourth-order valence-corrected chi connectivity index (χ4v) is 5.49. The van der Waals surface area contributed by atoms with Crippen LogP contribution in [0.2, 0.25) is 0 Å². The van der Waals surface area contributed by atoms with Crippen LogP contribution in [0, 0.1) is 0 Å². The Hall–Kier alpha value is -1.51. The van der Waals surface area contributed by atoms with Gasteiger partial charge in [0.15, 0.2) is 0 Å². The summed E-state index contributed by atoms with van der Waals surface area (Å²) in [7, 11) is -3.42. The number of aromatic nitrogens is 2. The van der Waals surface area contributed by atoms with Crippen LogP contribution in [0.15, 0.2) is 32.6 Å². The van der Waals surface area contributed by atoms with Gasteiger partial charge in [-0.1, -0.05) is 6.42 Å². The van der Waals surface area contributed by atoms with Crippen molar-refractivity contribution in [2.45, 2.75) is 36.9 Å². The van der Waals surface area contributed by atoms with Crippen molar-refractivity contribution in [2.24, 2.45) is 0 Å². The lowest BCUT2D eigenvalue weighted by Gasteiger charge is -2.25. The number of hydrogen-bond acceptors (Lipinski definition) is 5. The molecule has 0 aliphatic carbocycles. The van der Waals surface area contributed by atoms with Crippen LogP contribution in [0.1, 0.15) is 26.2 Å². The number of thiophene rings is 1. The second-order valence-corrected chi connectivity index (χ2v) is 8.57. The monoisotopic (exact) mass is 353 g/mol. The van der Waals surface area contributed by atoms with E-state index in [0.717, 1.165) is 24.8 Å². The fourth-order valence-electron chi connectivity index (χ4n) is 2.65. The Morgan fingerprint density at radius 3 is 2.65 bits per heavy atom. The highest BCUT2D eigenvalue weighted by molar-refractivity contribution is 7.91. The maximum atomic E-state index is 12.7. The van der Waals surface area contributed by atoms with Gasteiger partial charge in [-0.2, -0.15) is 9.40 Å². The van der Waals surface area contributed by atoms with Gasteiger partial charge in [-0.25, -0.2) is 13.1 Å². The molecule has 0 saturated carbocycles. The molecule has 2 aromatic heterocycles. The van der Waals surface area contributed by atoms with E-state index in [1.165, 1.54) is 22.1 Å². The molecule has 0 atom stereocenters. The van der Waals surface area contributed by atoms with Crippen LogP contribution in [0.5, 0.6) is 0 Å². The Balaban J connectivity index is 1.92. The van der Waals surface area contributed by atoms with Crippen LogP contribution >= 0.6 is 11.3 Å². The molecule has 1 saturated heterocycles. The average molecular weight is 353 g/mol.